The normalized spacial score (nSPS) is 11.7. The second kappa shape index (κ2) is 6.54. The zero-order valence-electron chi connectivity index (χ0n) is 14.4. The van der Waals surface area contributed by atoms with Gasteiger partial charge < -0.3 is 14.1 Å². The first kappa shape index (κ1) is 18.3. The molecule has 0 radical (unpaired) electrons. The molecule has 0 saturated carbocycles. The summed E-state index contributed by atoms with van der Waals surface area (Å²) in [6.07, 6.45) is -2.61. The van der Waals surface area contributed by atoms with Crippen molar-refractivity contribution in [1.29, 1.82) is 0 Å². The van der Waals surface area contributed by atoms with Gasteiger partial charge in [0.05, 0.1) is 30.3 Å². The molecule has 0 aliphatic carbocycles. The first-order valence-corrected chi connectivity index (χ1v) is 7.85. The number of H-pyrrole nitrogens is 1. The van der Waals surface area contributed by atoms with Gasteiger partial charge in [0.15, 0.2) is 5.65 Å². The lowest BCUT2D eigenvalue weighted by atomic mass is 10.2. The number of alkyl halides is 3. The van der Waals surface area contributed by atoms with Gasteiger partial charge in [-0.2, -0.15) is 22.8 Å². The molecule has 0 fully saturated rings. The van der Waals surface area contributed by atoms with Crippen molar-refractivity contribution in [2.75, 3.05) is 7.11 Å². The summed E-state index contributed by atoms with van der Waals surface area (Å²) >= 11 is 0. The Kier molecular flexibility index (Phi) is 4.14. The molecule has 13 heteroatoms. The average molecular weight is 406 g/mol. The number of rotatable bonds is 3. The predicted molar refractivity (Wildman–Crippen MR) is 88.7 cm³/mol. The summed E-state index contributed by atoms with van der Waals surface area (Å²) in [6, 6.07) is 3.11. The van der Waals surface area contributed by atoms with Gasteiger partial charge in [-0.15, -0.1) is 10.2 Å². The van der Waals surface area contributed by atoms with E-state index in [1.165, 1.54) is 6.20 Å². The number of hydrogen-bond donors (Lipinski definition) is 1. The Hall–Kier alpha value is -4.03. The number of ether oxygens (including phenoxy) is 1. The minimum absolute atomic E-state index is 0.102. The molecule has 0 aliphatic heterocycles. The van der Waals surface area contributed by atoms with Crippen LogP contribution >= 0.6 is 0 Å². The van der Waals surface area contributed by atoms with Crippen molar-refractivity contribution in [3.63, 3.8) is 0 Å². The van der Waals surface area contributed by atoms with Crippen LogP contribution in [0.5, 0.6) is 0 Å². The fourth-order valence-electron chi connectivity index (χ4n) is 2.50. The molecule has 0 unspecified atom stereocenters. The number of carbonyl (C=O) groups is 1. The first-order valence-electron chi connectivity index (χ1n) is 7.85. The van der Waals surface area contributed by atoms with Gasteiger partial charge in [-0.25, -0.2) is 4.79 Å². The number of hydrogen-bond acceptors (Lipinski definition) is 8. The Morgan fingerprint density at radius 3 is 2.69 bits per heavy atom. The number of aromatic nitrogens is 6. The van der Waals surface area contributed by atoms with Gasteiger partial charge >= 0.3 is 18.0 Å². The van der Waals surface area contributed by atoms with Gasteiger partial charge in [0.2, 0.25) is 0 Å². The number of carbonyl (C=O) groups excluding carboxylic acids is 1. The lowest BCUT2D eigenvalue weighted by molar-refractivity contribution is -0.137. The van der Waals surface area contributed by atoms with Crippen LogP contribution in [0.15, 0.2) is 39.8 Å². The predicted octanol–water partition coefficient (Wildman–Crippen LogP) is 1.94. The minimum atomic E-state index is -4.53. The van der Waals surface area contributed by atoms with Crippen LogP contribution in [-0.4, -0.2) is 42.9 Å². The van der Waals surface area contributed by atoms with Crippen LogP contribution in [0.3, 0.4) is 0 Å². The number of pyridine rings is 1. The molecule has 1 N–H and O–H groups in total. The Morgan fingerprint density at radius 2 is 2.03 bits per heavy atom. The molecule has 0 spiro atoms. The highest BCUT2D eigenvalue weighted by molar-refractivity contribution is 5.84. The highest BCUT2D eigenvalue weighted by Gasteiger charge is 2.30. The van der Waals surface area contributed by atoms with Gasteiger partial charge in [0.1, 0.15) is 5.56 Å². The second-order valence-corrected chi connectivity index (χ2v) is 5.67. The van der Waals surface area contributed by atoms with E-state index in [4.69, 9.17) is 4.42 Å². The van der Waals surface area contributed by atoms with E-state index in [9.17, 15) is 22.8 Å². The second-order valence-electron chi connectivity index (χ2n) is 5.67. The van der Waals surface area contributed by atoms with Crippen molar-refractivity contribution in [1.82, 2.24) is 29.8 Å². The zero-order chi connectivity index (χ0) is 20.8. The summed E-state index contributed by atoms with van der Waals surface area (Å²) in [7, 11) is 1.14. The molecule has 0 amide bonds. The minimum Gasteiger partial charge on any atom is -0.462 e. The number of halogens is 3. The Labute approximate surface area is 158 Å². The topological polar surface area (TPSA) is 128 Å². The van der Waals surface area contributed by atoms with Crippen molar-refractivity contribution in [3.05, 3.63) is 52.4 Å². The fraction of sp³-hybridized carbons (Fsp3) is 0.125. The molecule has 10 nitrogen and oxygen atoms in total. The van der Waals surface area contributed by atoms with E-state index >= 15 is 0 Å². The van der Waals surface area contributed by atoms with E-state index in [1.807, 2.05) is 0 Å². The molecule has 0 saturated heterocycles. The van der Waals surface area contributed by atoms with Gasteiger partial charge in [-0.3, -0.25) is 9.78 Å². The van der Waals surface area contributed by atoms with E-state index < -0.39 is 29.2 Å². The van der Waals surface area contributed by atoms with Gasteiger partial charge in [0.25, 0.3) is 11.4 Å². The molecule has 4 aromatic heterocycles. The van der Waals surface area contributed by atoms with E-state index in [1.54, 1.807) is 0 Å². The molecule has 148 valence electrons. The monoisotopic (exact) mass is 406 g/mol. The lowest BCUT2D eigenvalue weighted by Gasteiger charge is -2.07. The highest BCUT2D eigenvalue weighted by atomic mass is 19.4. The summed E-state index contributed by atoms with van der Waals surface area (Å²) in [5, 5.41) is 11.2. The van der Waals surface area contributed by atoms with Gasteiger partial charge in [-0.1, -0.05) is 0 Å². The largest absolute Gasteiger partial charge is 0.462 e. The maximum atomic E-state index is 12.7. The SMILES string of the molecule is COC(=O)c1nnc(-c2cnn3c(=O)cc(-c4ccc(C(F)(F)F)cn4)[nH]c23)o1. The number of nitrogens with one attached hydrogen (secondary N) is 1. The molecular weight excluding hydrogens is 397 g/mol. The maximum absolute atomic E-state index is 12.7. The number of esters is 1. The Balaban J connectivity index is 1.80. The highest BCUT2D eigenvalue weighted by Crippen LogP contribution is 2.29. The van der Waals surface area contributed by atoms with Crippen LogP contribution in [0, 0.1) is 0 Å². The van der Waals surface area contributed by atoms with Gasteiger partial charge in [-0.05, 0) is 12.1 Å². The third-order valence-corrected chi connectivity index (χ3v) is 3.88. The van der Waals surface area contributed by atoms with E-state index in [-0.39, 0.29) is 28.5 Å². The molecule has 0 aliphatic rings. The molecule has 4 aromatic rings. The molecule has 0 atom stereocenters. The average Bonchev–Trinajstić information content (AvgIpc) is 3.34. The van der Waals surface area contributed by atoms with E-state index in [0.717, 1.165) is 29.8 Å². The zero-order valence-corrected chi connectivity index (χ0v) is 14.4. The van der Waals surface area contributed by atoms with Crippen molar-refractivity contribution < 1.29 is 27.1 Å². The van der Waals surface area contributed by atoms with Gasteiger partial charge in [0, 0.05) is 12.3 Å². The fourth-order valence-corrected chi connectivity index (χ4v) is 2.50. The van der Waals surface area contributed by atoms with E-state index in [0.29, 0.717) is 6.20 Å². The summed E-state index contributed by atoms with van der Waals surface area (Å²) in [5.74, 6) is -1.36. The third kappa shape index (κ3) is 3.22. The molecule has 4 rings (SSSR count). The summed E-state index contributed by atoms with van der Waals surface area (Å²) in [5.41, 5.74) is -0.936. The van der Waals surface area contributed by atoms with Crippen LogP contribution in [0.4, 0.5) is 13.2 Å². The number of fused-ring (bicyclic) bond motifs is 1. The summed E-state index contributed by atoms with van der Waals surface area (Å²) in [6.45, 7) is 0. The number of methoxy groups -OCH3 is 1. The van der Waals surface area contributed by atoms with E-state index in [2.05, 4.69) is 30.0 Å². The smallest absolute Gasteiger partial charge is 0.417 e. The molecule has 0 aromatic carbocycles. The summed E-state index contributed by atoms with van der Waals surface area (Å²) in [4.78, 5) is 30.4. The van der Waals surface area contributed by atoms with Crippen LogP contribution in [0.1, 0.15) is 16.2 Å². The number of aromatic amines is 1. The maximum Gasteiger partial charge on any atom is 0.417 e. The Bertz CT molecular complexity index is 1270. The third-order valence-electron chi connectivity index (χ3n) is 3.88. The van der Waals surface area contributed by atoms with Crippen molar-refractivity contribution in [2.24, 2.45) is 0 Å². The van der Waals surface area contributed by atoms with Crippen molar-refractivity contribution in [3.8, 4) is 22.8 Å². The van der Waals surface area contributed by atoms with Crippen LogP contribution in [-0.2, 0) is 10.9 Å². The summed E-state index contributed by atoms with van der Waals surface area (Å²) < 4.78 is 48.8. The molecule has 0 bridgehead atoms. The molecule has 29 heavy (non-hydrogen) atoms. The van der Waals surface area contributed by atoms with Crippen LogP contribution in [0.2, 0.25) is 0 Å². The van der Waals surface area contributed by atoms with Crippen LogP contribution in [0.25, 0.3) is 28.5 Å². The van der Waals surface area contributed by atoms with Crippen molar-refractivity contribution >= 4 is 11.6 Å². The molecule has 4 heterocycles. The molecular formula is C16H9F3N6O4. The number of nitrogens with zero attached hydrogens (tertiary/aromatic N) is 5. The first-order chi connectivity index (χ1) is 13.8. The van der Waals surface area contributed by atoms with Crippen LogP contribution < -0.4 is 5.56 Å². The standard InChI is InChI=1S/C16H9F3N6O4/c1-28-15(27)14-24-23-13(29-14)8-6-21-25-11(26)4-10(22-12(8)25)9-3-2-7(5-20-9)16(17,18)19/h2-6,22H,1H3. The lowest BCUT2D eigenvalue weighted by Crippen LogP contribution is -2.14. The Morgan fingerprint density at radius 1 is 1.24 bits per heavy atom. The quantitative estimate of drug-likeness (QED) is 0.511. The van der Waals surface area contributed by atoms with Crippen molar-refractivity contribution in [2.45, 2.75) is 6.18 Å².